The van der Waals surface area contributed by atoms with Gasteiger partial charge in [-0.1, -0.05) is 60.7 Å². The molecule has 2 nitrogen and oxygen atoms in total. The van der Waals surface area contributed by atoms with Gasteiger partial charge in [0.2, 0.25) is 0 Å². The van der Waals surface area contributed by atoms with Crippen LogP contribution in [0.1, 0.15) is 17.0 Å². The molecule has 1 unspecified atom stereocenters. The van der Waals surface area contributed by atoms with E-state index in [2.05, 4.69) is 29.6 Å². The van der Waals surface area contributed by atoms with Crippen LogP contribution in [-0.2, 0) is 11.2 Å². The van der Waals surface area contributed by atoms with Gasteiger partial charge in [-0.05, 0) is 17.5 Å². The van der Waals surface area contributed by atoms with Crippen LogP contribution in [0.2, 0.25) is 0 Å². The standard InChI is InChI=1S/C16H16NO/c18-13-17-12-16(15-9-5-2-6-10-15)11-14-7-3-1-4-8-14/h1-10,16H,11-12H2,(H,17,18). The number of amides is 1. The largest absolute Gasteiger partial charge is 0.347 e. The van der Waals surface area contributed by atoms with Crippen LogP contribution in [0.3, 0.4) is 0 Å². The average molecular weight is 238 g/mol. The highest BCUT2D eigenvalue weighted by molar-refractivity contribution is 5.47. The molecule has 91 valence electrons. The fourth-order valence-electron chi connectivity index (χ4n) is 2.10. The molecule has 2 rings (SSSR count). The molecule has 0 spiro atoms. The third kappa shape index (κ3) is 3.45. The second kappa shape index (κ2) is 6.60. The Morgan fingerprint density at radius 2 is 1.56 bits per heavy atom. The van der Waals surface area contributed by atoms with E-state index in [1.807, 2.05) is 36.4 Å². The first kappa shape index (κ1) is 12.4. The smallest absolute Gasteiger partial charge is 0.309 e. The van der Waals surface area contributed by atoms with Crippen molar-refractivity contribution < 1.29 is 4.79 Å². The van der Waals surface area contributed by atoms with Crippen molar-refractivity contribution in [2.75, 3.05) is 6.54 Å². The summed E-state index contributed by atoms with van der Waals surface area (Å²) in [6, 6.07) is 20.6. The van der Waals surface area contributed by atoms with Crippen molar-refractivity contribution in [3.63, 3.8) is 0 Å². The molecule has 0 heterocycles. The zero-order chi connectivity index (χ0) is 12.6. The maximum Gasteiger partial charge on any atom is 0.309 e. The second-order valence-electron chi connectivity index (χ2n) is 4.28. The lowest BCUT2D eigenvalue weighted by molar-refractivity contribution is 0.533. The van der Waals surface area contributed by atoms with E-state index in [4.69, 9.17) is 0 Å². The monoisotopic (exact) mass is 238 g/mol. The molecule has 0 saturated carbocycles. The van der Waals surface area contributed by atoms with E-state index in [0.29, 0.717) is 6.54 Å². The molecule has 2 aromatic rings. The SMILES string of the molecule is O=[C]NCC(Cc1ccccc1)c1ccccc1. The van der Waals surface area contributed by atoms with Crippen LogP contribution in [0, 0.1) is 0 Å². The van der Waals surface area contributed by atoms with Gasteiger partial charge in [-0.15, -0.1) is 0 Å². The zero-order valence-corrected chi connectivity index (χ0v) is 10.2. The summed E-state index contributed by atoms with van der Waals surface area (Å²) in [5.41, 5.74) is 2.52. The van der Waals surface area contributed by atoms with E-state index >= 15 is 0 Å². The molecule has 1 atom stereocenters. The third-order valence-electron chi connectivity index (χ3n) is 3.02. The number of rotatable bonds is 6. The summed E-state index contributed by atoms with van der Waals surface area (Å²) in [7, 11) is 0. The fraction of sp³-hybridized carbons (Fsp3) is 0.188. The molecule has 0 aliphatic rings. The van der Waals surface area contributed by atoms with Crippen molar-refractivity contribution in [2.45, 2.75) is 12.3 Å². The van der Waals surface area contributed by atoms with Gasteiger partial charge >= 0.3 is 6.41 Å². The molecular formula is C16H16NO. The maximum atomic E-state index is 10.4. The van der Waals surface area contributed by atoms with Gasteiger partial charge in [0.1, 0.15) is 0 Å². The zero-order valence-electron chi connectivity index (χ0n) is 10.2. The molecule has 1 radical (unpaired) electrons. The molecule has 1 N–H and O–H groups in total. The Bertz CT molecular complexity index is 467. The molecule has 0 saturated heterocycles. The Balaban J connectivity index is 2.13. The van der Waals surface area contributed by atoms with Crippen molar-refractivity contribution in [3.8, 4) is 0 Å². The first-order chi connectivity index (χ1) is 8.90. The highest BCUT2D eigenvalue weighted by atomic mass is 16.1. The molecule has 1 amide bonds. The Morgan fingerprint density at radius 1 is 0.944 bits per heavy atom. The molecule has 2 heteroatoms. The number of hydrogen-bond donors (Lipinski definition) is 1. The molecular weight excluding hydrogens is 222 g/mol. The summed E-state index contributed by atoms with van der Waals surface area (Å²) in [6.07, 6.45) is 2.67. The summed E-state index contributed by atoms with van der Waals surface area (Å²) < 4.78 is 0. The van der Waals surface area contributed by atoms with Gasteiger partial charge in [-0.25, -0.2) is 0 Å². The average Bonchev–Trinajstić information content (AvgIpc) is 2.45. The number of hydrogen-bond acceptors (Lipinski definition) is 1. The molecule has 0 fully saturated rings. The summed E-state index contributed by atoms with van der Waals surface area (Å²) in [5, 5.41) is 2.66. The highest BCUT2D eigenvalue weighted by Crippen LogP contribution is 2.19. The van der Waals surface area contributed by atoms with Gasteiger partial charge in [-0.2, -0.15) is 0 Å². The molecule has 0 aliphatic heterocycles. The lowest BCUT2D eigenvalue weighted by atomic mass is 9.92. The van der Waals surface area contributed by atoms with E-state index in [1.54, 1.807) is 6.41 Å². The Hall–Kier alpha value is -2.09. The van der Waals surface area contributed by atoms with E-state index in [0.717, 1.165) is 6.42 Å². The van der Waals surface area contributed by atoms with Gasteiger partial charge in [-0.3, -0.25) is 4.79 Å². The van der Waals surface area contributed by atoms with Crippen molar-refractivity contribution in [2.24, 2.45) is 0 Å². The minimum atomic E-state index is 0.287. The van der Waals surface area contributed by atoms with Gasteiger partial charge < -0.3 is 5.32 Å². The van der Waals surface area contributed by atoms with Crippen LogP contribution in [0.4, 0.5) is 0 Å². The molecule has 0 bridgehead atoms. The Kier molecular flexibility index (Phi) is 4.53. The van der Waals surface area contributed by atoms with Crippen molar-refractivity contribution in [3.05, 3.63) is 71.8 Å². The minimum absolute atomic E-state index is 0.287. The van der Waals surface area contributed by atoms with Crippen LogP contribution in [0.5, 0.6) is 0 Å². The Morgan fingerprint density at radius 3 is 2.17 bits per heavy atom. The van der Waals surface area contributed by atoms with Crippen LogP contribution in [0.25, 0.3) is 0 Å². The number of benzene rings is 2. The summed E-state index contributed by atoms with van der Waals surface area (Å²) in [6.45, 7) is 0.613. The van der Waals surface area contributed by atoms with Crippen molar-refractivity contribution in [1.29, 1.82) is 0 Å². The number of nitrogens with one attached hydrogen (secondary N) is 1. The summed E-state index contributed by atoms with van der Waals surface area (Å²) in [5.74, 6) is 0.287. The third-order valence-corrected chi connectivity index (χ3v) is 3.02. The highest BCUT2D eigenvalue weighted by Gasteiger charge is 2.11. The lowest BCUT2D eigenvalue weighted by Gasteiger charge is -2.16. The molecule has 2 aromatic carbocycles. The van der Waals surface area contributed by atoms with E-state index < -0.39 is 0 Å². The van der Waals surface area contributed by atoms with Crippen LogP contribution in [0.15, 0.2) is 60.7 Å². The molecule has 0 aromatic heterocycles. The van der Waals surface area contributed by atoms with Crippen LogP contribution in [-0.4, -0.2) is 13.0 Å². The Labute approximate surface area is 108 Å². The van der Waals surface area contributed by atoms with E-state index in [9.17, 15) is 4.79 Å². The predicted octanol–water partition coefficient (Wildman–Crippen LogP) is 2.67. The molecule has 0 aliphatic carbocycles. The molecule has 18 heavy (non-hydrogen) atoms. The second-order valence-corrected chi connectivity index (χ2v) is 4.28. The van der Waals surface area contributed by atoms with Crippen molar-refractivity contribution in [1.82, 2.24) is 5.32 Å². The van der Waals surface area contributed by atoms with Gasteiger partial charge in [0.15, 0.2) is 0 Å². The lowest BCUT2D eigenvalue weighted by Crippen LogP contribution is -2.21. The number of carbonyl (C=O) groups excluding carboxylic acids is 1. The van der Waals surface area contributed by atoms with Crippen LogP contribution < -0.4 is 5.32 Å². The summed E-state index contributed by atoms with van der Waals surface area (Å²) >= 11 is 0. The van der Waals surface area contributed by atoms with Gasteiger partial charge in [0.05, 0.1) is 0 Å². The van der Waals surface area contributed by atoms with Crippen LogP contribution >= 0.6 is 0 Å². The maximum absolute atomic E-state index is 10.4. The first-order valence-corrected chi connectivity index (χ1v) is 6.09. The predicted molar refractivity (Wildman–Crippen MR) is 73.0 cm³/mol. The summed E-state index contributed by atoms with van der Waals surface area (Å²) in [4.78, 5) is 10.4. The van der Waals surface area contributed by atoms with Gasteiger partial charge in [0.25, 0.3) is 0 Å². The van der Waals surface area contributed by atoms with Crippen molar-refractivity contribution >= 4 is 6.41 Å². The van der Waals surface area contributed by atoms with Gasteiger partial charge in [0, 0.05) is 12.5 Å². The minimum Gasteiger partial charge on any atom is -0.347 e. The van der Waals surface area contributed by atoms with E-state index in [1.165, 1.54) is 11.1 Å². The normalized spacial score (nSPS) is 11.8. The first-order valence-electron chi connectivity index (χ1n) is 6.09. The topological polar surface area (TPSA) is 29.1 Å². The quantitative estimate of drug-likeness (QED) is 0.770. The fourth-order valence-corrected chi connectivity index (χ4v) is 2.10. The van der Waals surface area contributed by atoms with E-state index in [-0.39, 0.29) is 5.92 Å².